The van der Waals surface area contributed by atoms with Gasteiger partial charge in [-0.05, 0) is 12.8 Å². The Bertz CT molecular complexity index is 597. The van der Waals surface area contributed by atoms with Crippen LogP contribution in [-0.2, 0) is 11.8 Å². The Labute approximate surface area is 131 Å². The van der Waals surface area contributed by atoms with Crippen molar-refractivity contribution in [2.24, 2.45) is 7.05 Å². The molecule has 0 atom stereocenters. The van der Waals surface area contributed by atoms with Crippen molar-refractivity contribution < 1.29 is 9.59 Å². The van der Waals surface area contributed by atoms with Crippen LogP contribution in [0.1, 0.15) is 55.3 Å². The fourth-order valence-electron chi connectivity index (χ4n) is 3.67. The second kappa shape index (κ2) is 6.07. The van der Waals surface area contributed by atoms with Gasteiger partial charge >= 0.3 is 0 Å². The summed E-state index contributed by atoms with van der Waals surface area (Å²) in [6.07, 6.45) is 13.9. The van der Waals surface area contributed by atoms with Gasteiger partial charge in [0.05, 0.1) is 17.3 Å². The van der Waals surface area contributed by atoms with Crippen molar-refractivity contribution in [2.45, 2.75) is 50.5 Å². The maximum Gasteiger partial charge on any atom is 0.224 e. The number of ketones is 1. The minimum atomic E-state index is -0.0628. The molecule has 1 aromatic heterocycles. The van der Waals surface area contributed by atoms with Crippen LogP contribution in [0.2, 0.25) is 0 Å². The van der Waals surface area contributed by atoms with Gasteiger partial charge in [-0.1, -0.05) is 31.4 Å². The fourth-order valence-corrected chi connectivity index (χ4v) is 3.67. The third kappa shape index (κ3) is 2.85. The van der Waals surface area contributed by atoms with E-state index >= 15 is 0 Å². The zero-order valence-electron chi connectivity index (χ0n) is 13.1. The molecule has 0 radical (unpaired) electrons. The molecule has 1 aliphatic carbocycles. The Hall–Kier alpha value is -1.91. The molecule has 1 spiro atoms. The van der Waals surface area contributed by atoms with Crippen LogP contribution in [0.3, 0.4) is 0 Å². The van der Waals surface area contributed by atoms with Gasteiger partial charge in [0, 0.05) is 32.6 Å². The van der Waals surface area contributed by atoms with Crippen LogP contribution in [0, 0.1) is 0 Å². The molecule has 0 unspecified atom stereocenters. The molecule has 2 heterocycles. The van der Waals surface area contributed by atoms with Crippen LogP contribution >= 0.6 is 0 Å². The first-order chi connectivity index (χ1) is 10.6. The van der Waals surface area contributed by atoms with Crippen molar-refractivity contribution in [2.75, 3.05) is 6.54 Å². The van der Waals surface area contributed by atoms with Gasteiger partial charge in [-0.15, -0.1) is 0 Å². The van der Waals surface area contributed by atoms with Gasteiger partial charge in [0.15, 0.2) is 5.78 Å². The number of carbonyl (C=O) groups is 2. The zero-order valence-corrected chi connectivity index (χ0v) is 13.1. The topological polar surface area (TPSA) is 55.2 Å². The lowest BCUT2D eigenvalue weighted by Crippen LogP contribution is -2.48. The predicted molar refractivity (Wildman–Crippen MR) is 83.4 cm³/mol. The van der Waals surface area contributed by atoms with E-state index in [1.165, 1.54) is 19.3 Å². The van der Waals surface area contributed by atoms with E-state index in [9.17, 15) is 9.59 Å². The summed E-state index contributed by atoms with van der Waals surface area (Å²) in [5.41, 5.74) is 0.523. The number of nitrogens with zero attached hydrogens (tertiary/aromatic N) is 3. The third-order valence-corrected chi connectivity index (χ3v) is 4.87. The van der Waals surface area contributed by atoms with Gasteiger partial charge in [-0.3, -0.25) is 14.3 Å². The van der Waals surface area contributed by atoms with Crippen LogP contribution in [0.4, 0.5) is 0 Å². The quantitative estimate of drug-likeness (QED) is 0.634. The molecule has 118 valence electrons. The molecule has 5 heteroatoms. The van der Waals surface area contributed by atoms with E-state index in [-0.39, 0.29) is 30.1 Å². The standard InChI is InChI=1S/C17H23N3O2/c1-19-13-14(12-18-19)15(21)6-7-16(22)20-11-5-10-17(20)8-3-2-4-9-17/h5,10,12-13H,2-4,6-9,11H2,1H3. The average Bonchev–Trinajstić information content (AvgIpc) is 3.12. The second-order valence-electron chi connectivity index (χ2n) is 6.40. The smallest absolute Gasteiger partial charge is 0.224 e. The van der Waals surface area contributed by atoms with Gasteiger partial charge in [0.1, 0.15) is 0 Å². The minimum absolute atomic E-state index is 0.00806. The van der Waals surface area contributed by atoms with Gasteiger partial charge < -0.3 is 4.90 Å². The molecule has 1 amide bonds. The number of aryl methyl sites for hydroxylation is 1. The lowest BCUT2D eigenvalue weighted by atomic mass is 9.81. The Kier molecular flexibility index (Phi) is 4.14. The summed E-state index contributed by atoms with van der Waals surface area (Å²) in [5, 5.41) is 4.00. The van der Waals surface area contributed by atoms with Gasteiger partial charge in [0.2, 0.25) is 5.91 Å². The van der Waals surface area contributed by atoms with Crippen molar-refractivity contribution in [3.05, 3.63) is 30.1 Å². The molecule has 2 aliphatic rings. The van der Waals surface area contributed by atoms with E-state index < -0.39 is 0 Å². The Morgan fingerprint density at radius 1 is 1.23 bits per heavy atom. The molecule has 22 heavy (non-hydrogen) atoms. The molecule has 1 aromatic rings. The second-order valence-corrected chi connectivity index (χ2v) is 6.40. The van der Waals surface area contributed by atoms with Crippen molar-refractivity contribution in [1.82, 2.24) is 14.7 Å². The zero-order chi connectivity index (χ0) is 15.6. The van der Waals surface area contributed by atoms with E-state index in [1.54, 1.807) is 24.1 Å². The Morgan fingerprint density at radius 3 is 2.68 bits per heavy atom. The number of Topliss-reactive ketones (excluding diaryl/α,β-unsaturated/α-hetero) is 1. The summed E-state index contributed by atoms with van der Waals surface area (Å²) in [4.78, 5) is 26.7. The predicted octanol–water partition coefficient (Wildman–Crippen LogP) is 2.48. The minimum Gasteiger partial charge on any atom is -0.330 e. The normalized spacial score (nSPS) is 19.8. The highest BCUT2D eigenvalue weighted by Gasteiger charge is 2.40. The first-order valence-electron chi connectivity index (χ1n) is 8.11. The van der Waals surface area contributed by atoms with Crippen LogP contribution in [-0.4, -0.2) is 38.5 Å². The number of aromatic nitrogens is 2. The van der Waals surface area contributed by atoms with Crippen LogP contribution in [0.15, 0.2) is 24.5 Å². The van der Waals surface area contributed by atoms with E-state index in [4.69, 9.17) is 0 Å². The van der Waals surface area contributed by atoms with Crippen molar-refractivity contribution in [1.29, 1.82) is 0 Å². The summed E-state index contributed by atoms with van der Waals surface area (Å²) in [6, 6.07) is 0. The molecular formula is C17H23N3O2. The average molecular weight is 301 g/mol. The molecule has 1 fully saturated rings. The Balaban J connectivity index is 1.59. The fraction of sp³-hybridized carbons (Fsp3) is 0.588. The summed E-state index contributed by atoms with van der Waals surface area (Å²) in [6.45, 7) is 0.694. The third-order valence-electron chi connectivity index (χ3n) is 4.87. The molecule has 1 saturated carbocycles. The van der Waals surface area contributed by atoms with E-state index in [1.807, 2.05) is 4.90 Å². The van der Waals surface area contributed by atoms with Gasteiger partial charge in [0.25, 0.3) is 0 Å². The van der Waals surface area contributed by atoms with Crippen molar-refractivity contribution in [3.63, 3.8) is 0 Å². The number of rotatable bonds is 4. The van der Waals surface area contributed by atoms with Crippen molar-refractivity contribution in [3.8, 4) is 0 Å². The monoisotopic (exact) mass is 301 g/mol. The van der Waals surface area contributed by atoms with Crippen LogP contribution < -0.4 is 0 Å². The molecule has 0 saturated heterocycles. The lowest BCUT2D eigenvalue weighted by Gasteiger charge is -2.41. The lowest BCUT2D eigenvalue weighted by molar-refractivity contribution is -0.135. The molecule has 3 rings (SSSR count). The molecule has 1 aliphatic heterocycles. The van der Waals surface area contributed by atoms with E-state index in [0.717, 1.165) is 12.8 Å². The maximum atomic E-state index is 12.6. The molecule has 0 bridgehead atoms. The number of carbonyl (C=O) groups excluding carboxylic acids is 2. The molecule has 5 nitrogen and oxygen atoms in total. The number of amides is 1. The number of hydrogen-bond donors (Lipinski definition) is 0. The summed E-state index contributed by atoms with van der Waals surface area (Å²) < 4.78 is 1.61. The highest BCUT2D eigenvalue weighted by molar-refractivity contribution is 5.97. The first kappa shape index (κ1) is 15.0. The van der Waals surface area contributed by atoms with Gasteiger partial charge in [-0.25, -0.2) is 0 Å². The number of hydrogen-bond acceptors (Lipinski definition) is 3. The summed E-state index contributed by atoms with van der Waals surface area (Å²) in [5.74, 6) is 0.0930. The van der Waals surface area contributed by atoms with Crippen LogP contribution in [0.25, 0.3) is 0 Å². The van der Waals surface area contributed by atoms with Crippen LogP contribution in [0.5, 0.6) is 0 Å². The maximum absolute atomic E-state index is 12.6. The highest BCUT2D eigenvalue weighted by atomic mass is 16.2. The Morgan fingerprint density at radius 2 is 2.00 bits per heavy atom. The largest absolute Gasteiger partial charge is 0.330 e. The first-order valence-corrected chi connectivity index (χ1v) is 8.11. The van der Waals surface area contributed by atoms with E-state index in [2.05, 4.69) is 17.3 Å². The van der Waals surface area contributed by atoms with Crippen molar-refractivity contribution >= 4 is 11.7 Å². The van der Waals surface area contributed by atoms with E-state index in [0.29, 0.717) is 12.1 Å². The molecular weight excluding hydrogens is 278 g/mol. The molecule has 0 N–H and O–H groups in total. The summed E-state index contributed by atoms with van der Waals surface area (Å²) in [7, 11) is 1.78. The summed E-state index contributed by atoms with van der Waals surface area (Å²) >= 11 is 0. The van der Waals surface area contributed by atoms with Gasteiger partial charge in [-0.2, -0.15) is 5.10 Å². The SMILES string of the molecule is Cn1cc(C(=O)CCC(=O)N2CC=CC23CCCCC3)cn1. The molecule has 0 aromatic carbocycles. The highest BCUT2D eigenvalue weighted by Crippen LogP contribution is 2.38.